The van der Waals surface area contributed by atoms with Crippen LogP contribution in [0.4, 0.5) is 4.39 Å². The Bertz CT molecular complexity index is 516. The van der Waals surface area contributed by atoms with Crippen molar-refractivity contribution in [2.24, 2.45) is 0 Å². The van der Waals surface area contributed by atoms with Crippen molar-refractivity contribution in [1.82, 2.24) is 0 Å². The van der Waals surface area contributed by atoms with Gasteiger partial charge in [-0.25, -0.2) is 4.39 Å². The number of halogens is 1. The largest absolute Gasteiger partial charge is 0.450 e. The lowest BCUT2D eigenvalue weighted by Crippen LogP contribution is -2.01. The Morgan fingerprint density at radius 3 is 3.00 bits per heavy atom. The second-order valence-electron chi connectivity index (χ2n) is 3.43. The van der Waals surface area contributed by atoms with E-state index in [1.165, 1.54) is 13.2 Å². The van der Waals surface area contributed by atoms with Gasteiger partial charge in [0.15, 0.2) is 22.9 Å². The van der Waals surface area contributed by atoms with Crippen molar-refractivity contribution in [3.63, 3.8) is 0 Å². The molecular weight excluding hydrogens is 211 g/mol. The molecule has 0 amide bonds. The van der Waals surface area contributed by atoms with Gasteiger partial charge >= 0.3 is 0 Å². The molecule has 0 aliphatic rings. The number of fused-ring (bicyclic) bond motifs is 1. The van der Waals surface area contributed by atoms with Crippen LogP contribution in [-0.2, 0) is 4.74 Å². The fraction of sp³-hybridized carbons (Fsp3) is 0.250. The predicted octanol–water partition coefficient (Wildman–Crippen LogP) is 2.79. The maximum atomic E-state index is 13.3. The summed E-state index contributed by atoms with van der Waals surface area (Å²) < 4.78 is 23.3. The molecule has 4 heteroatoms. The number of Topliss-reactive ketones (excluding diaryl/α,β-unsaturated/α-hetero) is 1. The van der Waals surface area contributed by atoms with E-state index in [0.717, 1.165) is 0 Å². The van der Waals surface area contributed by atoms with E-state index in [9.17, 15) is 9.18 Å². The minimum Gasteiger partial charge on any atom is -0.450 e. The van der Waals surface area contributed by atoms with Crippen LogP contribution in [-0.4, -0.2) is 19.5 Å². The molecule has 2 aromatic rings. The average molecular weight is 222 g/mol. The Hall–Kier alpha value is -1.68. The van der Waals surface area contributed by atoms with Gasteiger partial charge < -0.3 is 9.15 Å². The number of carbonyl (C=O) groups excluding carboxylic acids is 1. The van der Waals surface area contributed by atoms with Crippen molar-refractivity contribution in [2.75, 3.05) is 13.7 Å². The van der Waals surface area contributed by atoms with Crippen LogP contribution in [0, 0.1) is 5.82 Å². The molecule has 2 rings (SSSR count). The first-order chi connectivity index (χ1) is 7.72. The number of rotatable bonds is 4. The van der Waals surface area contributed by atoms with E-state index >= 15 is 0 Å². The zero-order valence-electron chi connectivity index (χ0n) is 8.83. The molecule has 0 aliphatic heterocycles. The quantitative estimate of drug-likeness (QED) is 0.747. The molecule has 0 atom stereocenters. The summed E-state index contributed by atoms with van der Waals surface area (Å²) in [5, 5.41) is 0.598. The third kappa shape index (κ3) is 1.97. The second kappa shape index (κ2) is 4.45. The van der Waals surface area contributed by atoms with Crippen molar-refractivity contribution in [1.29, 1.82) is 0 Å². The maximum Gasteiger partial charge on any atom is 0.200 e. The highest BCUT2D eigenvalue weighted by atomic mass is 19.1. The van der Waals surface area contributed by atoms with Crippen LogP contribution in [0.5, 0.6) is 0 Å². The standard InChI is InChI=1S/C12H11FO3/c1-15-6-5-10(14)11-7-8-3-2-4-9(13)12(8)16-11/h2-4,7H,5-6H2,1H3. The van der Waals surface area contributed by atoms with Gasteiger partial charge in [0.2, 0.25) is 0 Å². The van der Waals surface area contributed by atoms with Crippen LogP contribution >= 0.6 is 0 Å². The summed E-state index contributed by atoms with van der Waals surface area (Å²) in [6.07, 6.45) is 0.234. The van der Waals surface area contributed by atoms with Crippen LogP contribution in [0.2, 0.25) is 0 Å². The normalized spacial score (nSPS) is 10.9. The Kier molecular flexibility index (Phi) is 3.01. The third-order valence-electron chi connectivity index (χ3n) is 2.30. The number of furan rings is 1. The van der Waals surface area contributed by atoms with Crippen LogP contribution < -0.4 is 0 Å². The predicted molar refractivity (Wildman–Crippen MR) is 57.0 cm³/mol. The van der Waals surface area contributed by atoms with E-state index in [2.05, 4.69) is 0 Å². The lowest BCUT2D eigenvalue weighted by atomic mass is 10.2. The molecule has 0 radical (unpaired) electrons. The van der Waals surface area contributed by atoms with E-state index < -0.39 is 5.82 Å². The SMILES string of the molecule is COCCC(=O)c1cc2cccc(F)c2o1. The van der Waals surface area contributed by atoms with Gasteiger partial charge in [-0.2, -0.15) is 0 Å². The molecule has 0 saturated carbocycles. The summed E-state index contributed by atoms with van der Waals surface area (Å²) in [6, 6.07) is 6.14. The first kappa shape index (κ1) is 10.8. The number of hydrogen-bond acceptors (Lipinski definition) is 3. The van der Waals surface area contributed by atoms with Gasteiger partial charge in [-0.1, -0.05) is 12.1 Å². The van der Waals surface area contributed by atoms with Crippen LogP contribution in [0.3, 0.4) is 0 Å². The highest BCUT2D eigenvalue weighted by molar-refractivity contribution is 5.97. The molecule has 0 saturated heterocycles. The lowest BCUT2D eigenvalue weighted by molar-refractivity contribution is 0.0907. The fourth-order valence-electron chi connectivity index (χ4n) is 1.48. The van der Waals surface area contributed by atoms with E-state index in [0.29, 0.717) is 12.0 Å². The summed E-state index contributed by atoms with van der Waals surface area (Å²) in [5.41, 5.74) is 0.128. The van der Waals surface area contributed by atoms with E-state index in [4.69, 9.17) is 9.15 Å². The molecule has 84 valence electrons. The van der Waals surface area contributed by atoms with Gasteiger partial charge in [0.25, 0.3) is 0 Å². The number of hydrogen-bond donors (Lipinski definition) is 0. The van der Waals surface area contributed by atoms with Crippen molar-refractivity contribution in [2.45, 2.75) is 6.42 Å². The highest BCUT2D eigenvalue weighted by Crippen LogP contribution is 2.22. The smallest absolute Gasteiger partial charge is 0.200 e. The van der Waals surface area contributed by atoms with E-state index in [1.807, 2.05) is 0 Å². The van der Waals surface area contributed by atoms with Crippen molar-refractivity contribution in [3.05, 3.63) is 35.8 Å². The number of methoxy groups -OCH3 is 1. The summed E-state index contributed by atoms with van der Waals surface area (Å²) in [5.74, 6) is -0.460. The first-order valence-electron chi connectivity index (χ1n) is 4.92. The van der Waals surface area contributed by atoms with Gasteiger partial charge in [0, 0.05) is 18.9 Å². The van der Waals surface area contributed by atoms with Gasteiger partial charge in [-0.05, 0) is 12.1 Å². The zero-order chi connectivity index (χ0) is 11.5. The fourth-order valence-corrected chi connectivity index (χ4v) is 1.48. The summed E-state index contributed by atoms with van der Waals surface area (Å²) in [6.45, 7) is 0.332. The number of para-hydroxylation sites is 1. The van der Waals surface area contributed by atoms with Gasteiger partial charge in [-0.3, -0.25) is 4.79 Å². The maximum absolute atomic E-state index is 13.3. The first-order valence-corrected chi connectivity index (χ1v) is 4.92. The second-order valence-corrected chi connectivity index (χ2v) is 3.43. The number of benzene rings is 1. The minimum absolute atomic E-state index is 0.128. The van der Waals surface area contributed by atoms with Crippen LogP contribution in [0.25, 0.3) is 11.0 Å². The molecule has 0 N–H and O–H groups in total. The average Bonchev–Trinajstić information content (AvgIpc) is 2.71. The Morgan fingerprint density at radius 1 is 1.50 bits per heavy atom. The number of ether oxygens (including phenoxy) is 1. The van der Waals surface area contributed by atoms with Crippen molar-refractivity contribution >= 4 is 16.8 Å². The molecular formula is C12H11FO3. The molecule has 1 aromatic carbocycles. The Morgan fingerprint density at radius 2 is 2.31 bits per heavy atom. The van der Waals surface area contributed by atoms with Crippen LogP contribution in [0.15, 0.2) is 28.7 Å². The summed E-state index contributed by atoms with van der Waals surface area (Å²) in [7, 11) is 1.52. The van der Waals surface area contributed by atoms with Gasteiger partial charge in [0.05, 0.1) is 6.61 Å². The topological polar surface area (TPSA) is 39.4 Å². The molecule has 0 bridgehead atoms. The van der Waals surface area contributed by atoms with E-state index in [-0.39, 0.29) is 23.5 Å². The molecule has 1 aromatic heterocycles. The number of ketones is 1. The number of carbonyl (C=O) groups is 1. The molecule has 0 spiro atoms. The van der Waals surface area contributed by atoms with Gasteiger partial charge in [0.1, 0.15) is 0 Å². The third-order valence-corrected chi connectivity index (χ3v) is 2.30. The van der Waals surface area contributed by atoms with E-state index in [1.54, 1.807) is 18.2 Å². The monoisotopic (exact) mass is 222 g/mol. The van der Waals surface area contributed by atoms with Crippen molar-refractivity contribution in [3.8, 4) is 0 Å². The molecule has 0 fully saturated rings. The molecule has 0 aliphatic carbocycles. The van der Waals surface area contributed by atoms with Gasteiger partial charge in [-0.15, -0.1) is 0 Å². The summed E-state index contributed by atoms with van der Waals surface area (Å²) >= 11 is 0. The minimum atomic E-state index is -0.455. The Labute approximate surface area is 91.8 Å². The lowest BCUT2D eigenvalue weighted by Gasteiger charge is -1.95. The molecule has 0 unspecified atom stereocenters. The highest BCUT2D eigenvalue weighted by Gasteiger charge is 2.13. The molecule has 1 heterocycles. The van der Waals surface area contributed by atoms with Crippen molar-refractivity contribution < 1.29 is 18.3 Å². The molecule has 3 nitrogen and oxygen atoms in total. The summed E-state index contributed by atoms with van der Waals surface area (Å²) in [4.78, 5) is 11.6. The Balaban J connectivity index is 2.32. The van der Waals surface area contributed by atoms with Crippen LogP contribution in [0.1, 0.15) is 17.0 Å². The zero-order valence-corrected chi connectivity index (χ0v) is 8.83. The molecule has 16 heavy (non-hydrogen) atoms.